The van der Waals surface area contributed by atoms with Gasteiger partial charge in [0.25, 0.3) is 5.56 Å². The molecule has 0 saturated carbocycles. The van der Waals surface area contributed by atoms with Gasteiger partial charge < -0.3 is 9.88 Å². The lowest BCUT2D eigenvalue weighted by molar-refractivity contribution is -0.116. The quantitative estimate of drug-likeness (QED) is 0.584. The minimum atomic E-state index is -0.612. The number of benzene rings is 2. The van der Waals surface area contributed by atoms with Crippen LogP contribution >= 0.6 is 0 Å². The summed E-state index contributed by atoms with van der Waals surface area (Å²) in [4.78, 5) is 37.3. The smallest absolute Gasteiger partial charge is 0.328 e. The van der Waals surface area contributed by atoms with Crippen LogP contribution in [0.15, 0.2) is 64.3 Å². The van der Waals surface area contributed by atoms with E-state index in [2.05, 4.69) is 33.9 Å². The molecule has 27 heavy (non-hydrogen) atoms. The summed E-state index contributed by atoms with van der Waals surface area (Å²) in [5, 5.41) is 5.01. The first kappa shape index (κ1) is 16.8. The molecule has 0 aliphatic heterocycles. The Labute approximate surface area is 153 Å². The Morgan fingerprint density at radius 1 is 1.04 bits per heavy atom. The lowest BCUT2D eigenvalue weighted by Gasteiger charge is -2.08. The van der Waals surface area contributed by atoms with Crippen LogP contribution in [-0.2, 0) is 17.9 Å². The summed E-state index contributed by atoms with van der Waals surface area (Å²) in [5.41, 5.74) is 1.81. The zero-order valence-electron chi connectivity index (χ0n) is 14.7. The number of H-pyrrole nitrogens is 1. The molecule has 2 heterocycles. The maximum Gasteiger partial charge on any atom is 0.328 e. The van der Waals surface area contributed by atoms with Crippen LogP contribution in [0.2, 0.25) is 0 Å². The topological polar surface area (TPSA) is 88.9 Å². The van der Waals surface area contributed by atoms with E-state index in [1.54, 1.807) is 0 Å². The molecule has 7 nitrogen and oxygen atoms in total. The minimum absolute atomic E-state index is 0.176. The van der Waals surface area contributed by atoms with Crippen molar-refractivity contribution in [3.8, 4) is 0 Å². The second-order valence-electron chi connectivity index (χ2n) is 6.28. The van der Waals surface area contributed by atoms with E-state index in [4.69, 9.17) is 0 Å². The first-order chi connectivity index (χ1) is 13.1. The van der Waals surface area contributed by atoms with Crippen molar-refractivity contribution in [2.24, 2.45) is 0 Å². The van der Waals surface area contributed by atoms with Gasteiger partial charge >= 0.3 is 5.69 Å². The summed E-state index contributed by atoms with van der Waals surface area (Å²) in [6.45, 7) is 2.78. The lowest BCUT2D eigenvalue weighted by Crippen LogP contribution is -2.32. The normalized spacial score (nSPS) is 11.1. The maximum atomic E-state index is 12.3. The number of para-hydroxylation sites is 1. The summed E-state index contributed by atoms with van der Waals surface area (Å²) in [7, 11) is 0. The van der Waals surface area contributed by atoms with Gasteiger partial charge in [-0.15, -0.1) is 0 Å². The molecule has 2 aromatic heterocycles. The molecule has 0 spiro atoms. The Morgan fingerprint density at radius 2 is 1.81 bits per heavy atom. The number of nitrogens with zero attached hydrogens (tertiary/aromatic N) is 2. The fourth-order valence-corrected chi connectivity index (χ4v) is 3.40. The van der Waals surface area contributed by atoms with Gasteiger partial charge in [-0.25, -0.2) is 4.79 Å². The zero-order chi connectivity index (χ0) is 19.0. The van der Waals surface area contributed by atoms with Gasteiger partial charge in [-0.3, -0.25) is 19.1 Å². The molecule has 0 saturated heterocycles. The number of aryl methyl sites for hydroxylation is 1. The van der Waals surface area contributed by atoms with Crippen LogP contribution in [-0.4, -0.2) is 20.0 Å². The Morgan fingerprint density at radius 3 is 2.59 bits per heavy atom. The number of fused-ring (bicyclic) bond motifs is 3. The van der Waals surface area contributed by atoms with E-state index in [0.29, 0.717) is 5.69 Å². The van der Waals surface area contributed by atoms with Gasteiger partial charge in [-0.2, -0.15) is 0 Å². The monoisotopic (exact) mass is 362 g/mol. The number of rotatable bonds is 4. The summed E-state index contributed by atoms with van der Waals surface area (Å²) >= 11 is 0. The largest absolute Gasteiger partial charge is 0.341 e. The zero-order valence-corrected chi connectivity index (χ0v) is 14.7. The number of aromatic amines is 1. The van der Waals surface area contributed by atoms with Crippen molar-refractivity contribution < 1.29 is 4.79 Å². The molecule has 0 unspecified atom stereocenters. The molecule has 0 aliphatic rings. The Balaban J connectivity index is 1.66. The Bertz CT molecular complexity index is 1280. The summed E-state index contributed by atoms with van der Waals surface area (Å²) in [5.74, 6) is -0.345. The van der Waals surface area contributed by atoms with Gasteiger partial charge in [0.15, 0.2) is 0 Å². The molecule has 1 amide bonds. The van der Waals surface area contributed by atoms with E-state index in [-0.39, 0.29) is 12.5 Å². The number of aromatic nitrogens is 3. The van der Waals surface area contributed by atoms with E-state index in [0.717, 1.165) is 32.9 Å². The molecule has 4 rings (SSSR count). The fraction of sp³-hybridized carbons (Fsp3) is 0.150. The van der Waals surface area contributed by atoms with Crippen molar-refractivity contribution in [2.45, 2.75) is 20.0 Å². The number of hydrogen-bond donors (Lipinski definition) is 2. The van der Waals surface area contributed by atoms with Gasteiger partial charge in [-0.05, 0) is 31.2 Å². The van der Waals surface area contributed by atoms with E-state index >= 15 is 0 Å². The highest BCUT2D eigenvalue weighted by Gasteiger charge is 2.11. The van der Waals surface area contributed by atoms with Crippen LogP contribution in [0.5, 0.6) is 0 Å². The van der Waals surface area contributed by atoms with E-state index in [9.17, 15) is 14.4 Å². The van der Waals surface area contributed by atoms with Crippen molar-refractivity contribution in [2.75, 3.05) is 5.32 Å². The first-order valence-electron chi connectivity index (χ1n) is 8.67. The Kier molecular flexibility index (Phi) is 4.12. The van der Waals surface area contributed by atoms with E-state index in [1.807, 2.05) is 30.3 Å². The Hall–Kier alpha value is -3.61. The van der Waals surface area contributed by atoms with Crippen LogP contribution < -0.4 is 16.6 Å². The molecule has 0 aliphatic carbocycles. The molecule has 0 fully saturated rings. The van der Waals surface area contributed by atoms with Crippen molar-refractivity contribution in [3.05, 3.63) is 75.6 Å². The van der Waals surface area contributed by atoms with Crippen molar-refractivity contribution >= 4 is 33.4 Å². The standard InChI is InChI=1S/C20H18N4O3/c1-2-24-16-6-4-3-5-14(16)15-11-13(7-8-17(15)24)21-19(26)12-23-10-9-18(25)22-20(23)27/h3-11H,2,12H2,1H3,(H,21,26)(H,22,25,27). The number of amides is 1. The van der Waals surface area contributed by atoms with Gasteiger partial charge in [0.1, 0.15) is 6.54 Å². The number of carbonyl (C=O) groups excluding carboxylic acids is 1. The van der Waals surface area contributed by atoms with E-state index < -0.39 is 11.2 Å². The number of anilines is 1. The van der Waals surface area contributed by atoms with Gasteiger partial charge in [0.05, 0.1) is 0 Å². The number of carbonyl (C=O) groups is 1. The lowest BCUT2D eigenvalue weighted by atomic mass is 10.1. The molecule has 136 valence electrons. The molecule has 0 bridgehead atoms. The van der Waals surface area contributed by atoms with Crippen molar-refractivity contribution in [3.63, 3.8) is 0 Å². The molecule has 2 aromatic carbocycles. The van der Waals surface area contributed by atoms with Gasteiger partial charge in [0.2, 0.25) is 5.91 Å². The SMILES string of the molecule is CCn1c2ccccc2c2cc(NC(=O)Cn3ccc(=O)[nH]c3=O)ccc21. The van der Waals surface area contributed by atoms with Gasteiger partial charge in [0, 0.05) is 46.3 Å². The van der Waals surface area contributed by atoms with Gasteiger partial charge in [-0.1, -0.05) is 18.2 Å². The van der Waals surface area contributed by atoms with Crippen LogP contribution in [0.1, 0.15) is 6.92 Å². The first-order valence-corrected chi connectivity index (χ1v) is 8.67. The number of hydrogen-bond acceptors (Lipinski definition) is 3. The molecule has 4 aromatic rings. The fourth-order valence-electron chi connectivity index (χ4n) is 3.40. The van der Waals surface area contributed by atoms with E-state index in [1.165, 1.54) is 12.3 Å². The van der Waals surface area contributed by atoms with Crippen LogP contribution in [0.4, 0.5) is 5.69 Å². The number of nitrogens with one attached hydrogen (secondary N) is 2. The summed E-state index contributed by atoms with van der Waals surface area (Å²) in [6.07, 6.45) is 1.30. The molecule has 2 N–H and O–H groups in total. The van der Waals surface area contributed by atoms with Crippen LogP contribution in [0, 0.1) is 0 Å². The molecule has 7 heteroatoms. The minimum Gasteiger partial charge on any atom is -0.341 e. The summed E-state index contributed by atoms with van der Waals surface area (Å²) in [6, 6.07) is 15.1. The predicted octanol–water partition coefficient (Wildman–Crippen LogP) is 2.30. The highest BCUT2D eigenvalue weighted by atomic mass is 16.2. The van der Waals surface area contributed by atoms with Crippen molar-refractivity contribution in [1.82, 2.24) is 14.1 Å². The van der Waals surface area contributed by atoms with Crippen LogP contribution in [0.3, 0.4) is 0 Å². The molecule has 0 atom stereocenters. The highest BCUT2D eigenvalue weighted by Crippen LogP contribution is 2.30. The average Bonchev–Trinajstić information content (AvgIpc) is 2.97. The highest BCUT2D eigenvalue weighted by molar-refractivity contribution is 6.09. The second-order valence-corrected chi connectivity index (χ2v) is 6.28. The molecular weight excluding hydrogens is 344 g/mol. The molecular formula is C20H18N4O3. The second kappa shape index (κ2) is 6.60. The summed E-state index contributed by atoms with van der Waals surface area (Å²) < 4.78 is 3.38. The average molecular weight is 362 g/mol. The third-order valence-electron chi connectivity index (χ3n) is 4.58. The third kappa shape index (κ3) is 3.03. The molecule has 0 radical (unpaired) electrons. The van der Waals surface area contributed by atoms with Crippen molar-refractivity contribution in [1.29, 1.82) is 0 Å². The third-order valence-corrected chi connectivity index (χ3v) is 4.58. The predicted molar refractivity (Wildman–Crippen MR) is 105 cm³/mol. The van der Waals surface area contributed by atoms with Crippen LogP contribution in [0.25, 0.3) is 21.8 Å². The maximum absolute atomic E-state index is 12.3.